The first-order valence-corrected chi connectivity index (χ1v) is 7.05. The molecule has 0 fully saturated rings. The largest absolute Gasteiger partial charge is 0.378 e. The topological polar surface area (TPSA) is 99.7 Å². The van der Waals surface area contributed by atoms with Crippen LogP contribution in [0.1, 0.15) is 0 Å². The minimum absolute atomic E-state index is 0.0927. The van der Waals surface area contributed by atoms with E-state index in [9.17, 15) is 10.1 Å². The van der Waals surface area contributed by atoms with Crippen molar-refractivity contribution in [3.63, 3.8) is 0 Å². The van der Waals surface area contributed by atoms with Crippen LogP contribution in [0.15, 0.2) is 29.2 Å². The monoisotopic (exact) mass is 301 g/mol. The maximum Gasteiger partial charge on any atom is 0.269 e. The van der Waals surface area contributed by atoms with Gasteiger partial charge in [-0.1, -0.05) is 0 Å². The first-order valence-electron chi connectivity index (χ1n) is 6.23. The Bertz CT molecular complexity index is 389. The van der Waals surface area contributed by atoms with E-state index in [4.69, 9.17) is 15.2 Å². The zero-order chi connectivity index (χ0) is 14.6. The molecule has 1 aromatic rings. The molecular formula is C12H19N3O4S. The van der Waals surface area contributed by atoms with E-state index in [-0.39, 0.29) is 5.69 Å². The lowest BCUT2D eigenvalue weighted by Crippen LogP contribution is -2.16. The Morgan fingerprint density at radius 3 is 2.40 bits per heavy atom. The molecule has 1 aromatic carbocycles. The molecule has 0 radical (unpaired) electrons. The quantitative estimate of drug-likeness (QED) is 0.274. The average molecular weight is 301 g/mol. The number of non-ortho nitro benzene ring substituents is 1. The van der Waals surface area contributed by atoms with Crippen LogP contribution in [0.3, 0.4) is 0 Å². The highest BCUT2D eigenvalue weighted by atomic mass is 32.2. The molecule has 1 rings (SSSR count). The zero-order valence-corrected chi connectivity index (χ0v) is 11.9. The molecule has 0 aliphatic heterocycles. The number of nitro benzene ring substituents is 1. The normalized spacial score (nSPS) is 10.7. The summed E-state index contributed by atoms with van der Waals surface area (Å²) in [4.78, 5) is 11.0. The number of nitrogens with two attached hydrogens (primary N) is 1. The number of nitrogens with zero attached hydrogens (tertiary/aromatic N) is 1. The third-order valence-corrected chi connectivity index (χ3v) is 3.08. The molecule has 0 saturated carbocycles. The van der Waals surface area contributed by atoms with E-state index in [0.29, 0.717) is 39.5 Å². The molecule has 0 spiro atoms. The summed E-state index contributed by atoms with van der Waals surface area (Å²) in [5, 5.41) is 10.5. The highest BCUT2D eigenvalue weighted by molar-refractivity contribution is 7.97. The summed E-state index contributed by atoms with van der Waals surface area (Å²) < 4.78 is 13.6. The number of hydrogen-bond acceptors (Lipinski definition) is 7. The molecule has 3 N–H and O–H groups in total. The second-order valence-electron chi connectivity index (χ2n) is 3.76. The summed E-state index contributed by atoms with van der Waals surface area (Å²) in [6, 6.07) is 6.37. The number of ether oxygens (including phenoxy) is 2. The van der Waals surface area contributed by atoms with Gasteiger partial charge in [0.05, 0.1) is 31.4 Å². The minimum atomic E-state index is -0.414. The van der Waals surface area contributed by atoms with Gasteiger partial charge in [-0.15, -0.1) is 0 Å². The average Bonchev–Trinajstić information content (AvgIpc) is 2.46. The van der Waals surface area contributed by atoms with Gasteiger partial charge in [-0.05, 0) is 24.1 Å². The molecule has 0 atom stereocenters. The fourth-order valence-corrected chi connectivity index (χ4v) is 1.91. The van der Waals surface area contributed by atoms with Crippen LogP contribution in [0.2, 0.25) is 0 Å². The molecule has 20 heavy (non-hydrogen) atoms. The van der Waals surface area contributed by atoms with Crippen LogP contribution >= 0.6 is 11.9 Å². The van der Waals surface area contributed by atoms with Gasteiger partial charge < -0.3 is 15.2 Å². The van der Waals surface area contributed by atoms with Crippen molar-refractivity contribution in [2.75, 3.05) is 39.5 Å². The van der Waals surface area contributed by atoms with Crippen LogP contribution in [0, 0.1) is 10.1 Å². The SMILES string of the molecule is NCCOCCOCCNSc1ccc([N+](=O)[O-])cc1. The van der Waals surface area contributed by atoms with Crippen molar-refractivity contribution in [1.29, 1.82) is 0 Å². The van der Waals surface area contributed by atoms with Gasteiger partial charge in [0.1, 0.15) is 0 Å². The summed E-state index contributed by atoms with van der Waals surface area (Å²) >= 11 is 1.41. The van der Waals surface area contributed by atoms with Crippen LogP contribution in [-0.4, -0.2) is 44.4 Å². The lowest BCUT2D eigenvalue weighted by Gasteiger charge is -2.06. The molecule has 0 bridgehead atoms. The van der Waals surface area contributed by atoms with Gasteiger partial charge in [0.15, 0.2) is 0 Å². The van der Waals surface area contributed by atoms with E-state index in [1.165, 1.54) is 24.1 Å². The van der Waals surface area contributed by atoms with Gasteiger partial charge in [0.25, 0.3) is 5.69 Å². The van der Waals surface area contributed by atoms with Crippen molar-refractivity contribution >= 4 is 17.6 Å². The van der Waals surface area contributed by atoms with Gasteiger partial charge in [-0.25, -0.2) is 0 Å². The van der Waals surface area contributed by atoms with E-state index in [0.717, 1.165) is 4.90 Å². The van der Waals surface area contributed by atoms with E-state index in [2.05, 4.69) is 4.72 Å². The second-order valence-corrected chi connectivity index (χ2v) is 4.73. The fraction of sp³-hybridized carbons (Fsp3) is 0.500. The zero-order valence-electron chi connectivity index (χ0n) is 11.1. The number of benzene rings is 1. The molecule has 0 aliphatic rings. The van der Waals surface area contributed by atoms with Gasteiger partial charge in [0.2, 0.25) is 0 Å². The van der Waals surface area contributed by atoms with Crippen molar-refractivity contribution < 1.29 is 14.4 Å². The molecule has 0 aromatic heterocycles. The maximum atomic E-state index is 10.5. The lowest BCUT2D eigenvalue weighted by molar-refractivity contribution is -0.384. The molecule has 7 nitrogen and oxygen atoms in total. The Labute approximate surface area is 122 Å². The van der Waals surface area contributed by atoms with Crippen LogP contribution in [0.25, 0.3) is 0 Å². The van der Waals surface area contributed by atoms with E-state index in [1.807, 2.05) is 0 Å². The number of rotatable bonds is 11. The maximum absolute atomic E-state index is 10.5. The molecule has 0 amide bonds. The molecule has 0 aliphatic carbocycles. The summed E-state index contributed by atoms with van der Waals surface area (Å²) in [5.74, 6) is 0. The summed E-state index contributed by atoms with van der Waals surface area (Å²) in [7, 11) is 0. The Hall–Kier alpha value is -1.19. The summed E-state index contributed by atoms with van der Waals surface area (Å²) in [5.41, 5.74) is 5.37. The van der Waals surface area contributed by atoms with Crippen molar-refractivity contribution in [1.82, 2.24) is 4.72 Å². The predicted octanol–water partition coefficient (Wildman–Crippen LogP) is 1.18. The number of hydrogen-bond donors (Lipinski definition) is 2. The Kier molecular flexibility index (Phi) is 8.92. The minimum Gasteiger partial charge on any atom is -0.378 e. The Morgan fingerprint density at radius 1 is 1.15 bits per heavy atom. The third-order valence-electron chi connectivity index (χ3n) is 2.22. The molecule has 0 heterocycles. The van der Waals surface area contributed by atoms with Crippen LogP contribution in [0.4, 0.5) is 5.69 Å². The van der Waals surface area contributed by atoms with Gasteiger partial charge >= 0.3 is 0 Å². The van der Waals surface area contributed by atoms with E-state index >= 15 is 0 Å². The molecule has 8 heteroatoms. The van der Waals surface area contributed by atoms with Gasteiger partial charge in [-0.3, -0.25) is 14.8 Å². The van der Waals surface area contributed by atoms with Crippen molar-refractivity contribution in [3.8, 4) is 0 Å². The first-order chi connectivity index (χ1) is 9.74. The van der Waals surface area contributed by atoms with Crippen molar-refractivity contribution in [2.45, 2.75) is 4.90 Å². The van der Waals surface area contributed by atoms with Crippen molar-refractivity contribution in [3.05, 3.63) is 34.4 Å². The Morgan fingerprint density at radius 2 is 1.80 bits per heavy atom. The molecule has 112 valence electrons. The van der Waals surface area contributed by atoms with Gasteiger partial charge in [-0.2, -0.15) is 0 Å². The number of nitrogens with one attached hydrogen (secondary N) is 1. The van der Waals surface area contributed by atoms with Crippen LogP contribution < -0.4 is 10.5 Å². The Balaban J connectivity index is 2.02. The lowest BCUT2D eigenvalue weighted by atomic mass is 10.3. The summed E-state index contributed by atoms with van der Waals surface area (Å²) in [6.07, 6.45) is 0. The predicted molar refractivity (Wildman–Crippen MR) is 77.6 cm³/mol. The van der Waals surface area contributed by atoms with Crippen LogP contribution in [-0.2, 0) is 9.47 Å². The highest BCUT2D eigenvalue weighted by Gasteiger charge is 2.03. The van der Waals surface area contributed by atoms with Crippen LogP contribution in [0.5, 0.6) is 0 Å². The number of nitro groups is 1. The van der Waals surface area contributed by atoms with E-state index in [1.54, 1.807) is 12.1 Å². The first kappa shape index (κ1) is 16.9. The van der Waals surface area contributed by atoms with Gasteiger partial charge in [0, 0.05) is 30.1 Å². The third kappa shape index (κ3) is 7.41. The smallest absolute Gasteiger partial charge is 0.269 e. The molecule has 0 unspecified atom stereocenters. The van der Waals surface area contributed by atoms with Crippen molar-refractivity contribution in [2.24, 2.45) is 5.73 Å². The molecule has 0 saturated heterocycles. The standard InChI is InChI=1S/C12H19N3O4S/c13-5-7-18-9-10-19-8-6-14-20-12-3-1-11(2-4-12)15(16)17/h1-4,14H,5-10,13H2. The fourth-order valence-electron chi connectivity index (χ4n) is 1.29. The molecular weight excluding hydrogens is 282 g/mol. The highest BCUT2D eigenvalue weighted by Crippen LogP contribution is 2.18. The van der Waals surface area contributed by atoms with E-state index < -0.39 is 4.92 Å². The second kappa shape index (κ2) is 10.6. The summed E-state index contributed by atoms with van der Waals surface area (Å²) in [6.45, 7) is 3.42.